The molecule has 0 aliphatic rings. The van der Waals surface area contributed by atoms with E-state index in [1.54, 1.807) is 12.1 Å². The molecule has 4 heteroatoms. The van der Waals surface area contributed by atoms with Gasteiger partial charge in [0, 0.05) is 25.7 Å². The van der Waals surface area contributed by atoms with Crippen molar-refractivity contribution < 1.29 is 14.2 Å². The summed E-state index contributed by atoms with van der Waals surface area (Å²) in [6.07, 6.45) is 1.63. The maximum Gasteiger partial charge on any atom is 0.127 e. The number of aliphatic hydroxyl groups is 1. The molecule has 0 aromatic heterocycles. The number of hydrogen-bond donors (Lipinski definition) is 1. The summed E-state index contributed by atoms with van der Waals surface area (Å²) >= 11 is 0. The van der Waals surface area contributed by atoms with Crippen molar-refractivity contribution in [3.63, 3.8) is 0 Å². The van der Waals surface area contributed by atoms with Gasteiger partial charge >= 0.3 is 0 Å². The SMILES string of the molecule is C=CCOc1cc(C)cc(F)c1.OCCN(Cc1ccccc1)Cc1ccccc1. The number of nitrogens with zero attached hydrogens (tertiary/aromatic N) is 1. The number of halogens is 1. The van der Waals surface area contributed by atoms with E-state index in [1.807, 2.05) is 19.1 Å². The first-order valence-corrected chi connectivity index (χ1v) is 10.0. The summed E-state index contributed by atoms with van der Waals surface area (Å²) < 4.78 is 17.9. The lowest BCUT2D eigenvalue weighted by atomic mass is 10.1. The normalized spacial score (nSPS) is 10.3. The van der Waals surface area contributed by atoms with Crippen LogP contribution in [0.25, 0.3) is 0 Å². The molecule has 0 radical (unpaired) electrons. The van der Waals surface area contributed by atoms with Crippen molar-refractivity contribution in [1.82, 2.24) is 4.90 Å². The fourth-order valence-electron chi connectivity index (χ4n) is 2.98. The van der Waals surface area contributed by atoms with Crippen LogP contribution in [0.4, 0.5) is 4.39 Å². The fraction of sp³-hybridized carbons (Fsp3) is 0.231. The van der Waals surface area contributed by atoms with Crippen molar-refractivity contribution >= 4 is 0 Å². The molecule has 0 spiro atoms. The van der Waals surface area contributed by atoms with E-state index in [2.05, 4.69) is 60.0 Å². The minimum Gasteiger partial charge on any atom is -0.489 e. The van der Waals surface area contributed by atoms with Crippen LogP contribution in [0.5, 0.6) is 5.75 Å². The molecule has 0 saturated heterocycles. The number of hydrogen-bond acceptors (Lipinski definition) is 3. The Balaban J connectivity index is 0.000000232. The molecule has 1 N–H and O–H groups in total. The molecule has 0 bridgehead atoms. The molecule has 0 amide bonds. The average Bonchev–Trinajstić information content (AvgIpc) is 2.74. The molecule has 0 unspecified atom stereocenters. The van der Waals surface area contributed by atoms with E-state index < -0.39 is 0 Å². The van der Waals surface area contributed by atoms with Crippen LogP contribution in [0.15, 0.2) is 91.5 Å². The predicted octanol–water partition coefficient (Wildman–Crippen LogP) is 5.38. The van der Waals surface area contributed by atoms with E-state index in [-0.39, 0.29) is 12.4 Å². The predicted molar refractivity (Wildman–Crippen MR) is 121 cm³/mol. The van der Waals surface area contributed by atoms with Crippen molar-refractivity contribution in [3.05, 3.63) is 114 Å². The Bertz CT molecular complexity index is 807. The molecule has 3 aromatic carbocycles. The maximum atomic E-state index is 12.7. The summed E-state index contributed by atoms with van der Waals surface area (Å²) in [6, 6.07) is 25.3. The number of aryl methyl sites for hydroxylation is 1. The van der Waals surface area contributed by atoms with Gasteiger partial charge in [0.2, 0.25) is 0 Å². The van der Waals surface area contributed by atoms with Gasteiger partial charge in [-0.3, -0.25) is 4.90 Å². The van der Waals surface area contributed by atoms with Crippen molar-refractivity contribution in [2.24, 2.45) is 0 Å². The lowest BCUT2D eigenvalue weighted by molar-refractivity contribution is 0.184. The van der Waals surface area contributed by atoms with Crippen LogP contribution >= 0.6 is 0 Å². The van der Waals surface area contributed by atoms with E-state index in [1.165, 1.54) is 23.3 Å². The van der Waals surface area contributed by atoms with Crippen LogP contribution in [0, 0.1) is 12.7 Å². The number of rotatable bonds is 9. The van der Waals surface area contributed by atoms with Gasteiger partial charge in [-0.15, -0.1) is 0 Å². The topological polar surface area (TPSA) is 32.7 Å². The standard InChI is InChI=1S/C16H19NO.C10H11FO/c18-12-11-17(13-15-7-3-1-4-8-15)14-16-9-5-2-6-10-16;1-3-4-12-10-6-8(2)5-9(11)7-10/h1-10,18H,11-14H2;3,5-7H,1,4H2,2H3. The molecule has 3 rings (SSSR count). The van der Waals surface area contributed by atoms with E-state index in [4.69, 9.17) is 9.84 Å². The fourth-order valence-corrected chi connectivity index (χ4v) is 2.98. The van der Waals surface area contributed by atoms with Crippen molar-refractivity contribution in [2.45, 2.75) is 20.0 Å². The third-order valence-electron chi connectivity index (χ3n) is 4.30. The highest BCUT2D eigenvalue weighted by atomic mass is 19.1. The second kappa shape index (κ2) is 13.3. The Morgan fingerprint density at radius 2 is 1.50 bits per heavy atom. The average molecular weight is 408 g/mol. The van der Waals surface area contributed by atoms with E-state index in [0.29, 0.717) is 18.9 Å². The molecular formula is C26H30FNO2. The highest BCUT2D eigenvalue weighted by Crippen LogP contribution is 2.15. The summed E-state index contributed by atoms with van der Waals surface area (Å²) in [5, 5.41) is 9.15. The zero-order valence-corrected chi connectivity index (χ0v) is 17.5. The Hall–Kier alpha value is -2.95. The molecule has 3 aromatic rings. The Morgan fingerprint density at radius 1 is 0.933 bits per heavy atom. The molecular weight excluding hydrogens is 377 g/mol. The molecule has 0 aliphatic heterocycles. The highest BCUT2D eigenvalue weighted by molar-refractivity contribution is 5.28. The second-order valence-corrected chi connectivity index (χ2v) is 6.97. The molecule has 0 fully saturated rings. The van der Waals surface area contributed by atoms with Gasteiger partial charge in [0.15, 0.2) is 0 Å². The zero-order chi connectivity index (χ0) is 21.6. The molecule has 0 saturated carbocycles. The summed E-state index contributed by atoms with van der Waals surface area (Å²) in [6.45, 7) is 8.37. The lowest BCUT2D eigenvalue weighted by Gasteiger charge is -2.21. The first-order valence-electron chi connectivity index (χ1n) is 10.0. The van der Waals surface area contributed by atoms with E-state index in [9.17, 15) is 4.39 Å². The second-order valence-electron chi connectivity index (χ2n) is 6.97. The van der Waals surface area contributed by atoms with Gasteiger partial charge in [0.1, 0.15) is 18.2 Å². The largest absolute Gasteiger partial charge is 0.489 e. The molecule has 158 valence electrons. The quantitative estimate of drug-likeness (QED) is 0.484. The summed E-state index contributed by atoms with van der Waals surface area (Å²) in [5.74, 6) is 0.279. The number of benzene rings is 3. The van der Waals surface area contributed by atoms with Crippen LogP contribution in [0.3, 0.4) is 0 Å². The van der Waals surface area contributed by atoms with Gasteiger partial charge < -0.3 is 9.84 Å². The highest BCUT2D eigenvalue weighted by Gasteiger charge is 2.06. The monoisotopic (exact) mass is 407 g/mol. The van der Waals surface area contributed by atoms with Gasteiger partial charge in [-0.25, -0.2) is 4.39 Å². The van der Waals surface area contributed by atoms with Gasteiger partial charge in [-0.1, -0.05) is 73.3 Å². The Morgan fingerprint density at radius 3 is 1.97 bits per heavy atom. The van der Waals surface area contributed by atoms with Gasteiger partial charge in [-0.05, 0) is 35.7 Å². The van der Waals surface area contributed by atoms with E-state index in [0.717, 1.165) is 18.7 Å². The Labute approximate surface area is 179 Å². The molecule has 0 aliphatic carbocycles. The molecule has 0 atom stereocenters. The maximum absolute atomic E-state index is 12.7. The third-order valence-corrected chi connectivity index (χ3v) is 4.30. The number of ether oxygens (including phenoxy) is 1. The minimum absolute atomic E-state index is 0.194. The smallest absolute Gasteiger partial charge is 0.127 e. The van der Waals surface area contributed by atoms with Crippen molar-refractivity contribution in [2.75, 3.05) is 19.8 Å². The van der Waals surface area contributed by atoms with Crippen LogP contribution < -0.4 is 4.74 Å². The van der Waals surface area contributed by atoms with Crippen molar-refractivity contribution in [3.8, 4) is 5.75 Å². The molecule has 30 heavy (non-hydrogen) atoms. The third kappa shape index (κ3) is 9.03. The van der Waals surface area contributed by atoms with Crippen LogP contribution in [0.2, 0.25) is 0 Å². The first-order chi connectivity index (χ1) is 14.6. The summed E-state index contributed by atoms with van der Waals surface area (Å²) in [7, 11) is 0. The van der Waals surface area contributed by atoms with E-state index >= 15 is 0 Å². The first kappa shape index (κ1) is 23.3. The van der Waals surface area contributed by atoms with Crippen molar-refractivity contribution in [1.29, 1.82) is 0 Å². The zero-order valence-electron chi connectivity index (χ0n) is 17.5. The van der Waals surface area contributed by atoms with Gasteiger partial charge in [0.25, 0.3) is 0 Å². The summed E-state index contributed by atoms with van der Waals surface area (Å²) in [5.41, 5.74) is 3.41. The van der Waals surface area contributed by atoms with Crippen LogP contribution in [0.1, 0.15) is 16.7 Å². The van der Waals surface area contributed by atoms with Crippen LogP contribution in [-0.2, 0) is 13.1 Å². The minimum atomic E-state index is -0.269. The Kier molecular flexibility index (Phi) is 10.3. The summed E-state index contributed by atoms with van der Waals surface area (Å²) in [4.78, 5) is 2.25. The number of aliphatic hydroxyl groups excluding tert-OH is 1. The molecule has 3 nitrogen and oxygen atoms in total. The van der Waals surface area contributed by atoms with Crippen LogP contribution in [-0.4, -0.2) is 29.8 Å². The molecule has 0 heterocycles. The van der Waals surface area contributed by atoms with Gasteiger partial charge in [-0.2, -0.15) is 0 Å². The van der Waals surface area contributed by atoms with Gasteiger partial charge in [0.05, 0.1) is 6.61 Å². The lowest BCUT2D eigenvalue weighted by Crippen LogP contribution is -2.26.